The van der Waals surface area contributed by atoms with Crippen LogP contribution in [-0.2, 0) is 9.53 Å². The van der Waals surface area contributed by atoms with Crippen molar-refractivity contribution in [2.75, 3.05) is 18.0 Å². The Kier molecular flexibility index (Phi) is 7.37. The molecule has 3 aromatic carbocycles. The van der Waals surface area contributed by atoms with Gasteiger partial charge in [-0.2, -0.15) is 5.26 Å². The lowest BCUT2D eigenvalue weighted by Crippen LogP contribution is -2.29. The molecular formula is C36H33N3O4. The smallest absolute Gasteiger partial charge is 0.344 e. The number of rotatable bonds is 6. The summed E-state index contributed by atoms with van der Waals surface area (Å²) in [6, 6.07) is 25.4. The molecule has 0 bridgehead atoms. The number of Topliss-reactive ketones (excluding diaryl/α,β-unsaturated/α-hetero) is 1. The van der Waals surface area contributed by atoms with Gasteiger partial charge in [0.1, 0.15) is 23.0 Å². The van der Waals surface area contributed by atoms with E-state index in [1.165, 1.54) is 0 Å². The van der Waals surface area contributed by atoms with Gasteiger partial charge in [0.25, 0.3) is 0 Å². The molecule has 43 heavy (non-hydrogen) atoms. The first kappa shape index (κ1) is 28.0. The Labute approximate surface area is 250 Å². The van der Waals surface area contributed by atoms with Crippen LogP contribution in [0.1, 0.15) is 55.2 Å². The summed E-state index contributed by atoms with van der Waals surface area (Å²) in [5.41, 5.74) is 11.9. The van der Waals surface area contributed by atoms with Crippen molar-refractivity contribution in [1.82, 2.24) is 0 Å². The summed E-state index contributed by atoms with van der Waals surface area (Å²) >= 11 is 0. The molecule has 2 atom stereocenters. The van der Waals surface area contributed by atoms with Crippen LogP contribution in [0.15, 0.2) is 105 Å². The van der Waals surface area contributed by atoms with Crippen molar-refractivity contribution < 1.29 is 13.9 Å². The second-order valence-electron chi connectivity index (χ2n) is 11.1. The first-order valence-corrected chi connectivity index (χ1v) is 14.7. The van der Waals surface area contributed by atoms with Gasteiger partial charge in [-0.05, 0) is 61.1 Å². The van der Waals surface area contributed by atoms with E-state index in [0.29, 0.717) is 40.9 Å². The fourth-order valence-corrected chi connectivity index (χ4v) is 6.51. The monoisotopic (exact) mass is 571 g/mol. The Morgan fingerprint density at radius 1 is 0.953 bits per heavy atom. The fraction of sp³-hybridized carbons (Fsp3) is 0.250. The number of benzene rings is 3. The highest BCUT2D eigenvalue weighted by Crippen LogP contribution is 2.47. The van der Waals surface area contributed by atoms with E-state index in [1.54, 1.807) is 0 Å². The van der Waals surface area contributed by atoms with E-state index in [2.05, 4.69) is 30.9 Å². The van der Waals surface area contributed by atoms with Gasteiger partial charge in [0.05, 0.1) is 11.5 Å². The van der Waals surface area contributed by atoms with Gasteiger partial charge in [0.15, 0.2) is 5.78 Å². The van der Waals surface area contributed by atoms with E-state index in [0.717, 1.165) is 40.9 Å². The average Bonchev–Trinajstić information content (AvgIpc) is 3.01. The highest BCUT2D eigenvalue weighted by molar-refractivity contribution is 6.00. The van der Waals surface area contributed by atoms with Gasteiger partial charge in [-0.15, -0.1) is 0 Å². The molecule has 1 aliphatic heterocycles. The van der Waals surface area contributed by atoms with E-state index >= 15 is 0 Å². The topological polar surface area (TPSA) is 110 Å². The van der Waals surface area contributed by atoms with Gasteiger partial charge in [0.2, 0.25) is 5.88 Å². The van der Waals surface area contributed by atoms with E-state index in [-0.39, 0.29) is 23.2 Å². The van der Waals surface area contributed by atoms with Gasteiger partial charge in [-0.25, -0.2) is 4.79 Å². The number of hydrogen-bond donors (Lipinski definition) is 1. The summed E-state index contributed by atoms with van der Waals surface area (Å²) < 4.78 is 11.7. The molecule has 0 radical (unpaired) electrons. The largest absolute Gasteiger partial charge is 0.444 e. The highest BCUT2D eigenvalue weighted by Gasteiger charge is 2.40. The molecule has 0 saturated carbocycles. The zero-order chi connectivity index (χ0) is 30.2. The third kappa shape index (κ3) is 4.89. The van der Waals surface area contributed by atoms with Crippen LogP contribution >= 0.6 is 0 Å². The van der Waals surface area contributed by atoms with Crippen LogP contribution in [0.3, 0.4) is 0 Å². The van der Waals surface area contributed by atoms with Crippen LogP contribution in [0, 0.1) is 18.3 Å². The Hall–Kier alpha value is -5.09. The number of nitrogens with two attached hydrogens (primary N) is 1. The number of ketones is 1. The number of aryl methyl sites for hydroxylation is 1. The molecule has 6 rings (SSSR count). The molecule has 2 N–H and O–H groups in total. The number of anilines is 1. The first-order valence-electron chi connectivity index (χ1n) is 14.7. The van der Waals surface area contributed by atoms with Crippen LogP contribution in [0.25, 0.3) is 22.1 Å². The van der Waals surface area contributed by atoms with Crippen molar-refractivity contribution in [3.63, 3.8) is 0 Å². The van der Waals surface area contributed by atoms with Crippen molar-refractivity contribution in [1.29, 1.82) is 5.26 Å². The normalized spacial score (nSPS) is 18.3. The van der Waals surface area contributed by atoms with E-state index < -0.39 is 11.5 Å². The van der Waals surface area contributed by atoms with Gasteiger partial charge >= 0.3 is 5.63 Å². The Balaban J connectivity index is 1.38. The highest BCUT2D eigenvalue weighted by atomic mass is 16.5. The number of carbonyl (C=O) groups is 1. The van der Waals surface area contributed by atoms with Crippen LogP contribution in [-0.4, -0.2) is 18.9 Å². The second-order valence-corrected chi connectivity index (χ2v) is 11.1. The zero-order valence-electron chi connectivity index (χ0n) is 24.5. The summed E-state index contributed by atoms with van der Waals surface area (Å²) in [5, 5.41) is 10.9. The van der Waals surface area contributed by atoms with E-state index in [9.17, 15) is 14.9 Å². The molecule has 0 fully saturated rings. The molecule has 216 valence electrons. The summed E-state index contributed by atoms with van der Waals surface area (Å²) in [4.78, 5) is 29.1. The molecule has 7 nitrogen and oxygen atoms in total. The van der Waals surface area contributed by atoms with E-state index in [4.69, 9.17) is 14.9 Å². The molecule has 0 amide bonds. The molecule has 2 heterocycles. The van der Waals surface area contributed by atoms with Gasteiger partial charge in [-0.1, -0.05) is 54.6 Å². The Bertz CT molecular complexity index is 1890. The zero-order valence-corrected chi connectivity index (χ0v) is 24.5. The van der Waals surface area contributed by atoms with Crippen molar-refractivity contribution in [2.45, 2.75) is 45.4 Å². The quantitative estimate of drug-likeness (QED) is 0.253. The molecule has 2 aliphatic rings. The third-order valence-electron chi connectivity index (χ3n) is 8.74. The van der Waals surface area contributed by atoms with Crippen LogP contribution in [0.4, 0.5) is 5.69 Å². The first-order chi connectivity index (χ1) is 20.8. The summed E-state index contributed by atoms with van der Waals surface area (Å²) in [6.07, 6.45) is 0.846. The molecular weight excluding hydrogens is 538 g/mol. The SMILES string of the molecule is CCN(CC)c1ccc2c(C)c(-c3ccc(C4C(C#N)=C(N)OC5=C4C(=O)CC(c4ccccc4)C5)cc3)c(=O)oc2c1. The van der Waals surface area contributed by atoms with Crippen molar-refractivity contribution in [2.24, 2.45) is 5.73 Å². The van der Waals surface area contributed by atoms with Crippen LogP contribution in [0.5, 0.6) is 0 Å². The van der Waals surface area contributed by atoms with Gasteiger partial charge in [0, 0.05) is 48.6 Å². The minimum absolute atomic E-state index is 0.0203. The molecule has 7 heteroatoms. The molecule has 1 aliphatic carbocycles. The summed E-state index contributed by atoms with van der Waals surface area (Å²) in [5.74, 6) is -0.179. The standard InChI is InChI=1S/C36H33N3O4/c1-4-39(5-2)26-15-16-27-21(3)32(36(41)43-30(27)19-26)23-11-13-24(14-12-23)33-28(20-37)35(38)42-31-18-25(17-29(40)34(31)33)22-9-7-6-8-10-22/h6-16,19,25,33H,4-5,17-18,38H2,1-3H3. The number of ether oxygens (including phenoxy) is 1. The number of carbonyl (C=O) groups excluding carboxylic acids is 1. The van der Waals surface area contributed by atoms with Crippen molar-refractivity contribution >= 4 is 22.4 Å². The minimum atomic E-state index is -0.639. The summed E-state index contributed by atoms with van der Waals surface area (Å²) in [7, 11) is 0. The van der Waals surface area contributed by atoms with E-state index in [1.807, 2.05) is 73.7 Å². The lowest BCUT2D eigenvalue weighted by molar-refractivity contribution is -0.117. The number of nitrogens with zero attached hydrogens (tertiary/aromatic N) is 2. The molecule has 1 aromatic heterocycles. The predicted octanol–water partition coefficient (Wildman–Crippen LogP) is 6.82. The fourth-order valence-electron chi connectivity index (χ4n) is 6.51. The Morgan fingerprint density at radius 2 is 1.67 bits per heavy atom. The van der Waals surface area contributed by atoms with Gasteiger partial charge in [-0.3, -0.25) is 4.79 Å². The lowest BCUT2D eigenvalue weighted by atomic mass is 9.73. The average molecular weight is 572 g/mol. The number of hydrogen-bond acceptors (Lipinski definition) is 7. The maximum Gasteiger partial charge on any atom is 0.344 e. The Morgan fingerprint density at radius 3 is 2.35 bits per heavy atom. The van der Waals surface area contributed by atoms with Gasteiger partial charge < -0.3 is 19.8 Å². The second kappa shape index (κ2) is 11.3. The number of fused-ring (bicyclic) bond motifs is 1. The molecule has 0 saturated heterocycles. The molecule has 0 spiro atoms. The van der Waals surface area contributed by atoms with Crippen LogP contribution in [0.2, 0.25) is 0 Å². The number of nitriles is 1. The maximum absolute atomic E-state index is 13.6. The summed E-state index contributed by atoms with van der Waals surface area (Å²) in [6.45, 7) is 7.82. The molecule has 4 aromatic rings. The molecule has 2 unspecified atom stereocenters. The minimum Gasteiger partial charge on any atom is -0.444 e. The van der Waals surface area contributed by atoms with Crippen molar-refractivity contribution in [3.8, 4) is 17.2 Å². The lowest BCUT2D eigenvalue weighted by Gasteiger charge is -2.34. The van der Waals surface area contributed by atoms with Crippen molar-refractivity contribution in [3.05, 3.63) is 123 Å². The predicted molar refractivity (Wildman–Crippen MR) is 167 cm³/mol. The third-order valence-corrected chi connectivity index (χ3v) is 8.74. The van der Waals surface area contributed by atoms with Crippen LogP contribution < -0.4 is 16.3 Å². The number of allylic oxidation sites excluding steroid dienone is 3. The maximum atomic E-state index is 13.6.